The molecule has 0 unspecified atom stereocenters. The molecular formula is C18H25N5O4S. The Morgan fingerprint density at radius 2 is 1.89 bits per heavy atom. The van der Waals surface area contributed by atoms with Crippen molar-refractivity contribution in [3.63, 3.8) is 0 Å². The van der Waals surface area contributed by atoms with Crippen molar-refractivity contribution >= 4 is 21.5 Å². The van der Waals surface area contributed by atoms with Crippen molar-refractivity contribution in [3.8, 4) is 11.5 Å². The first-order valence-corrected chi connectivity index (χ1v) is 10.5. The zero-order chi connectivity index (χ0) is 20.0. The summed E-state index contributed by atoms with van der Waals surface area (Å²) in [4.78, 5) is 2.32. The summed E-state index contributed by atoms with van der Waals surface area (Å²) in [6.07, 6.45) is 4.11. The van der Waals surface area contributed by atoms with E-state index in [0.717, 1.165) is 18.8 Å². The normalized spacial score (nSPS) is 14.1. The van der Waals surface area contributed by atoms with Crippen molar-refractivity contribution in [2.24, 2.45) is 0 Å². The first-order chi connectivity index (χ1) is 13.5. The highest BCUT2D eigenvalue weighted by atomic mass is 32.2. The second kappa shape index (κ2) is 9.07. The monoisotopic (exact) mass is 407 g/mol. The molecule has 0 spiro atoms. The van der Waals surface area contributed by atoms with Crippen LogP contribution in [0.15, 0.2) is 35.4 Å². The quantitative estimate of drug-likeness (QED) is 0.602. The Morgan fingerprint density at radius 3 is 2.61 bits per heavy atom. The standard InChI is InChI=1S/C18H25N5O4S/c1-26-15-5-6-17(16(12-15)27-2)28(24,25)21-8-7-19-18-11-14(13-20-22-18)23-9-3-4-10-23/h5-6,11-13,21H,3-4,7-10H2,1-2H3,(H,19,22). The summed E-state index contributed by atoms with van der Waals surface area (Å²) >= 11 is 0. The van der Waals surface area contributed by atoms with E-state index in [0.29, 0.717) is 18.1 Å². The van der Waals surface area contributed by atoms with Gasteiger partial charge >= 0.3 is 0 Å². The van der Waals surface area contributed by atoms with Gasteiger partial charge in [-0.3, -0.25) is 0 Å². The average Bonchev–Trinajstić information content (AvgIpc) is 3.26. The summed E-state index contributed by atoms with van der Waals surface area (Å²) in [7, 11) is -0.792. The van der Waals surface area contributed by atoms with Crippen LogP contribution in [0.5, 0.6) is 11.5 Å². The van der Waals surface area contributed by atoms with Crippen LogP contribution in [0.4, 0.5) is 11.5 Å². The molecule has 10 heteroatoms. The van der Waals surface area contributed by atoms with Crippen LogP contribution in [0.1, 0.15) is 12.8 Å². The molecule has 1 aromatic heterocycles. The number of benzene rings is 1. The molecule has 28 heavy (non-hydrogen) atoms. The summed E-state index contributed by atoms with van der Waals surface area (Å²) in [6.45, 7) is 2.60. The van der Waals surface area contributed by atoms with Crippen LogP contribution in [0.25, 0.3) is 0 Å². The predicted octanol–water partition coefficient (Wildman–Crippen LogP) is 1.48. The number of anilines is 2. The van der Waals surface area contributed by atoms with Crippen molar-refractivity contribution in [1.82, 2.24) is 14.9 Å². The molecule has 152 valence electrons. The van der Waals surface area contributed by atoms with E-state index in [-0.39, 0.29) is 17.2 Å². The molecule has 1 fully saturated rings. The van der Waals surface area contributed by atoms with Gasteiger partial charge in [-0.15, -0.1) is 5.10 Å². The molecule has 1 aromatic carbocycles. The Kier molecular flexibility index (Phi) is 6.53. The van der Waals surface area contributed by atoms with Gasteiger partial charge in [0, 0.05) is 38.3 Å². The molecule has 0 atom stereocenters. The lowest BCUT2D eigenvalue weighted by molar-refractivity contribution is 0.386. The summed E-state index contributed by atoms with van der Waals surface area (Å²) in [5, 5.41) is 11.2. The van der Waals surface area contributed by atoms with Crippen molar-refractivity contribution in [2.45, 2.75) is 17.7 Å². The van der Waals surface area contributed by atoms with E-state index < -0.39 is 10.0 Å². The smallest absolute Gasteiger partial charge is 0.244 e. The third-order valence-corrected chi connectivity index (χ3v) is 6.00. The van der Waals surface area contributed by atoms with Gasteiger partial charge in [-0.2, -0.15) is 5.10 Å². The maximum Gasteiger partial charge on any atom is 0.244 e. The van der Waals surface area contributed by atoms with Crippen LogP contribution in [0, 0.1) is 0 Å². The second-order valence-electron chi connectivity index (χ2n) is 6.33. The number of nitrogens with zero attached hydrogens (tertiary/aromatic N) is 3. The van der Waals surface area contributed by atoms with E-state index in [2.05, 4.69) is 25.1 Å². The molecule has 9 nitrogen and oxygen atoms in total. The minimum atomic E-state index is -3.72. The summed E-state index contributed by atoms with van der Waals surface area (Å²) in [6, 6.07) is 6.50. The third-order valence-electron chi connectivity index (χ3n) is 4.49. The van der Waals surface area contributed by atoms with Crippen molar-refractivity contribution in [3.05, 3.63) is 30.5 Å². The summed E-state index contributed by atoms with van der Waals surface area (Å²) in [5.41, 5.74) is 1.03. The molecule has 1 aliphatic rings. The molecule has 0 amide bonds. The fourth-order valence-electron chi connectivity index (χ4n) is 3.04. The van der Waals surface area contributed by atoms with Gasteiger partial charge < -0.3 is 19.7 Å². The fourth-order valence-corrected chi connectivity index (χ4v) is 4.22. The van der Waals surface area contributed by atoms with Gasteiger partial charge in [-0.1, -0.05) is 0 Å². The van der Waals surface area contributed by atoms with Crippen LogP contribution in [-0.2, 0) is 10.0 Å². The lowest BCUT2D eigenvalue weighted by Gasteiger charge is -2.17. The zero-order valence-corrected chi connectivity index (χ0v) is 16.8. The number of sulfonamides is 1. The Balaban J connectivity index is 1.57. The van der Waals surface area contributed by atoms with E-state index >= 15 is 0 Å². The number of hydrogen-bond donors (Lipinski definition) is 2. The molecule has 2 aromatic rings. The van der Waals surface area contributed by atoms with E-state index in [1.165, 1.54) is 39.2 Å². The van der Waals surface area contributed by atoms with E-state index in [4.69, 9.17) is 9.47 Å². The Morgan fingerprint density at radius 1 is 1.11 bits per heavy atom. The van der Waals surface area contributed by atoms with E-state index in [1.807, 2.05) is 6.07 Å². The molecular weight excluding hydrogens is 382 g/mol. The van der Waals surface area contributed by atoms with E-state index in [9.17, 15) is 8.42 Å². The van der Waals surface area contributed by atoms with Crippen molar-refractivity contribution < 1.29 is 17.9 Å². The lowest BCUT2D eigenvalue weighted by Crippen LogP contribution is -2.29. The van der Waals surface area contributed by atoms with Crippen LogP contribution in [0.3, 0.4) is 0 Å². The molecule has 0 bridgehead atoms. The van der Waals surface area contributed by atoms with Gasteiger partial charge in [0.15, 0.2) is 5.82 Å². The highest BCUT2D eigenvalue weighted by molar-refractivity contribution is 7.89. The molecule has 3 rings (SSSR count). The lowest BCUT2D eigenvalue weighted by atomic mass is 10.3. The molecule has 1 aliphatic heterocycles. The van der Waals surface area contributed by atoms with Crippen molar-refractivity contribution in [1.29, 1.82) is 0 Å². The number of nitrogens with one attached hydrogen (secondary N) is 2. The van der Waals surface area contributed by atoms with Gasteiger partial charge in [0.1, 0.15) is 16.4 Å². The minimum absolute atomic E-state index is 0.0617. The third kappa shape index (κ3) is 4.82. The van der Waals surface area contributed by atoms with Gasteiger partial charge in [-0.25, -0.2) is 13.1 Å². The Hall–Kier alpha value is -2.59. The molecule has 0 aliphatic carbocycles. The van der Waals surface area contributed by atoms with Gasteiger partial charge in [0.25, 0.3) is 0 Å². The minimum Gasteiger partial charge on any atom is -0.497 e. The van der Waals surface area contributed by atoms with Gasteiger partial charge in [0.05, 0.1) is 26.1 Å². The summed E-state index contributed by atoms with van der Waals surface area (Å²) < 4.78 is 37.9. The van der Waals surface area contributed by atoms with Crippen molar-refractivity contribution in [2.75, 3.05) is 50.6 Å². The average molecular weight is 407 g/mol. The predicted molar refractivity (Wildman–Crippen MR) is 107 cm³/mol. The van der Waals surface area contributed by atoms with Crippen LogP contribution >= 0.6 is 0 Å². The summed E-state index contributed by atoms with van der Waals surface area (Å²) in [5.74, 6) is 1.36. The van der Waals surface area contributed by atoms with E-state index in [1.54, 1.807) is 12.3 Å². The SMILES string of the molecule is COc1ccc(S(=O)(=O)NCCNc2cc(N3CCCC3)cnn2)c(OC)c1. The number of hydrogen-bond acceptors (Lipinski definition) is 8. The number of methoxy groups -OCH3 is 2. The molecule has 0 radical (unpaired) electrons. The maximum atomic E-state index is 12.6. The number of ether oxygens (including phenoxy) is 2. The number of rotatable bonds is 9. The van der Waals surface area contributed by atoms with Gasteiger partial charge in [-0.05, 0) is 25.0 Å². The van der Waals surface area contributed by atoms with Crippen LogP contribution < -0.4 is 24.4 Å². The highest BCUT2D eigenvalue weighted by Crippen LogP contribution is 2.28. The second-order valence-corrected chi connectivity index (χ2v) is 8.07. The Bertz CT molecular complexity index is 901. The van der Waals surface area contributed by atoms with Crippen LogP contribution in [-0.4, -0.2) is 59.0 Å². The Labute approximate surface area is 165 Å². The largest absolute Gasteiger partial charge is 0.497 e. The first kappa shape index (κ1) is 20.2. The number of aromatic nitrogens is 2. The first-order valence-electron chi connectivity index (χ1n) is 9.07. The topological polar surface area (TPSA) is 106 Å². The fraction of sp³-hybridized carbons (Fsp3) is 0.444. The molecule has 1 saturated heterocycles. The van der Waals surface area contributed by atoms with Gasteiger partial charge in [0.2, 0.25) is 10.0 Å². The van der Waals surface area contributed by atoms with Crippen LogP contribution in [0.2, 0.25) is 0 Å². The maximum absolute atomic E-state index is 12.6. The highest BCUT2D eigenvalue weighted by Gasteiger charge is 2.19. The molecule has 2 N–H and O–H groups in total. The zero-order valence-electron chi connectivity index (χ0n) is 16.0. The molecule has 0 saturated carbocycles. The molecule has 2 heterocycles.